The largest absolute Gasteiger partial charge is 0.308 e. The number of nitrogens with one attached hydrogen (secondary N) is 2. The van der Waals surface area contributed by atoms with Crippen molar-refractivity contribution in [2.45, 2.75) is 25.4 Å². The van der Waals surface area contributed by atoms with Crippen molar-refractivity contribution < 1.29 is 0 Å². The Morgan fingerprint density at radius 2 is 2.18 bits per heavy atom. The molecule has 1 aromatic carbocycles. The molecule has 0 aliphatic heterocycles. The maximum atomic E-state index is 6.00. The third-order valence-electron chi connectivity index (χ3n) is 3.24. The van der Waals surface area contributed by atoms with Crippen molar-refractivity contribution in [2.75, 3.05) is 0 Å². The van der Waals surface area contributed by atoms with Gasteiger partial charge in [0.05, 0.1) is 0 Å². The number of benzene rings is 1. The van der Waals surface area contributed by atoms with E-state index >= 15 is 0 Å². The summed E-state index contributed by atoms with van der Waals surface area (Å²) >= 11 is 6.00. The number of hydrogen-bond acceptors (Lipinski definition) is 2. The van der Waals surface area contributed by atoms with Gasteiger partial charge in [-0.1, -0.05) is 17.7 Å². The lowest BCUT2D eigenvalue weighted by Crippen LogP contribution is -2.29. The minimum Gasteiger partial charge on any atom is -0.308 e. The van der Waals surface area contributed by atoms with E-state index in [0.717, 1.165) is 30.1 Å². The summed E-state index contributed by atoms with van der Waals surface area (Å²) in [7, 11) is 0. The minimum absolute atomic E-state index is 0.506. The average molecular weight is 248 g/mol. The molecule has 0 spiro atoms. The fourth-order valence-electron chi connectivity index (χ4n) is 2.37. The van der Waals surface area contributed by atoms with Crippen molar-refractivity contribution in [2.24, 2.45) is 0 Å². The van der Waals surface area contributed by atoms with Crippen molar-refractivity contribution in [3.05, 3.63) is 52.3 Å². The van der Waals surface area contributed by atoms with E-state index in [1.165, 1.54) is 11.1 Å². The van der Waals surface area contributed by atoms with Crippen LogP contribution in [-0.4, -0.2) is 16.2 Å². The molecule has 17 heavy (non-hydrogen) atoms. The predicted molar refractivity (Wildman–Crippen MR) is 68.1 cm³/mol. The van der Waals surface area contributed by atoms with Crippen LogP contribution in [0.1, 0.15) is 16.8 Å². The highest BCUT2D eigenvalue weighted by molar-refractivity contribution is 6.30. The first-order valence-corrected chi connectivity index (χ1v) is 6.18. The van der Waals surface area contributed by atoms with Crippen molar-refractivity contribution >= 4 is 11.6 Å². The Kier molecular flexibility index (Phi) is 2.87. The summed E-state index contributed by atoms with van der Waals surface area (Å²) in [5, 5.41) is 11.3. The Labute approximate surface area is 105 Å². The maximum Gasteiger partial charge on any atom is 0.0490 e. The van der Waals surface area contributed by atoms with Gasteiger partial charge in [-0.3, -0.25) is 5.10 Å². The first kappa shape index (κ1) is 10.8. The summed E-state index contributed by atoms with van der Waals surface area (Å²) in [5.41, 5.74) is 3.91. The van der Waals surface area contributed by atoms with Gasteiger partial charge in [0.1, 0.15) is 0 Å². The van der Waals surface area contributed by atoms with Crippen LogP contribution >= 0.6 is 11.6 Å². The quantitative estimate of drug-likeness (QED) is 0.874. The molecule has 0 saturated heterocycles. The molecule has 88 valence electrons. The van der Waals surface area contributed by atoms with Gasteiger partial charge in [-0.25, -0.2) is 0 Å². The molecule has 1 aliphatic carbocycles. The Morgan fingerprint density at radius 3 is 3.00 bits per heavy atom. The smallest absolute Gasteiger partial charge is 0.0490 e. The second kappa shape index (κ2) is 4.51. The Bertz CT molecular complexity index is 507. The molecule has 1 unspecified atom stereocenters. The van der Waals surface area contributed by atoms with Gasteiger partial charge in [-0.05, 0) is 42.2 Å². The van der Waals surface area contributed by atoms with Crippen molar-refractivity contribution in [3.63, 3.8) is 0 Å². The minimum atomic E-state index is 0.506. The van der Waals surface area contributed by atoms with Crippen LogP contribution in [0.4, 0.5) is 0 Å². The second-order valence-corrected chi connectivity index (χ2v) is 4.92. The molecule has 4 heteroatoms. The van der Waals surface area contributed by atoms with E-state index in [0.29, 0.717) is 6.04 Å². The van der Waals surface area contributed by atoms with Crippen molar-refractivity contribution in [3.8, 4) is 0 Å². The zero-order valence-corrected chi connectivity index (χ0v) is 10.2. The van der Waals surface area contributed by atoms with Gasteiger partial charge >= 0.3 is 0 Å². The standard InChI is InChI=1S/C13H14ClN3/c14-11-2-1-9-6-13(7-10(9)5-11)15-8-12-3-4-16-17-12/h1-5,13,15H,6-8H2,(H,16,17). The fraction of sp³-hybridized carbons (Fsp3) is 0.308. The molecule has 0 radical (unpaired) electrons. The van der Waals surface area contributed by atoms with E-state index in [9.17, 15) is 0 Å². The fourth-order valence-corrected chi connectivity index (χ4v) is 2.56. The molecule has 1 heterocycles. The van der Waals surface area contributed by atoms with Crippen LogP contribution in [0.5, 0.6) is 0 Å². The first-order valence-electron chi connectivity index (χ1n) is 5.80. The zero-order valence-electron chi connectivity index (χ0n) is 9.41. The number of aromatic nitrogens is 2. The summed E-state index contributed by atoms with van der Waals surface area (Å²) in [6, 6.07) is 8.68. The van der Waals surface area contributed by atoms with Gasteiger partial charge in [0.25, 0.3) is 0 Å². The predicted octanol–water partition coefficient (Wildman–Crippen LogP) is 2.32. The lowest BCUT2D eigenvalue weighted by Gasteiger charge is -2.10. The lowest BCUT2D eigenvalue weighted by molar-refractivity contribution is 0.527. The first-order chi connectivity index (χ1) is 8.31. The van der Waals surface area contributed by atoms with E-state index < -0.39 is 0 Å². The number of H-pyrrole nitrogens is 1. The number of rotatable bonds is 3. The van der Waals surface area contributed by atoms with Crippen LogP contribution in [0, 0.1) is 0 Å². The highest BCUT2D eigenvalue weighted by Gasteiger charge is 2.20. The Balaban J connectivity index is 1.62. The van der Waals surface area contributed by atoms with Crippen molar-refractivity contribution in [1.29, 1.82) is 0 Å². The van der Waals surface area contributed by atoms with Crippen LogP contribution in [0.3, 0.4) is 0 Å². The summed E-state index contributed by atoms with van der Waals surface area (Å²) in [6.07, 6.45) is 3.92. The number of nitrogens with zero attached hydrogens (tertiary/aromatic N) is 1. The molecule has 0 saturated carbocycles. The van der Waals surface area contributed by atoms with E-state index in [1.807, 2.05) is 12.1 Å². The van der Waals surface area contributed by atoms with Gasteiger partial charge in [0, 0.05) is 29.5 Å². The van der Waals surface area contributed by atoms with Crippen LogP contribution in [0.25, 0.3) is 0 Å². The molecule has 1 aromatic heterocycles. The number of aromatic amines is 1. The lowest BCUT2D eigenvalue weighted by atomic mass is 10.1. The third kappa shape index (κ3) is 2.35. The molecule has 2 aromatic rings. The van der Waals surface area contributed by atoms with Gasteiger partial charge in [0.2, 0.25) is 0 Å². The average Bonchev–Trinajstić information content (AvgIpc) is 2.94. The molecule has 1 aliphatic rings. The summed E-state index contributed by atoms with van der Waals surface area (Å²) in [5.74, 6) is 0. The summed E-state index contributed by atoms with van der Waals surface area (Å²) in [4.78, 5) is 0. The van der Waals surface area contributed by atoms with Crippen molar-refractivity contribution in [1.82, 2.24) is 15.5 Å². The van der Waals surface area contributed by atoms with Gasteiger partial charge in [-0.2, -0.15) is 5.10 Å². The highest BCUT2D eigenvalue weighted by Crippen LogP contribution is 2.25. The molecule has 0 amide bonds. The summed E-state index contributed by atoms with van der Waals surface area (Å²) < 4.78 is 0. The van der Waals surface area contributed by atoms with E-state index in [1.54, 1.807) is 6.20 Å². The van der Waals surface area contributed by atoms with Crippen LogP contribution in [-0.2, 0) is 19.4 Å². The molecule has 2 N–H and O–H groups in total. The molecule has 0 bridgehead atoms. The Morgan fingerprint density at radius 1 is 1.29 bits per heavy atom. The highest BCUT2D eigenvalue weighted by atomic mass is 35.5. The third-order valence-corrected chi connectivity index (χ3v) is 3.48. The monoisotopic (exact) mass is 247 g/mol. The van der Waals surface area contributed by atoms with E-state index in [-0.39, 0.29) is 0 Å². The SMILES string of the molecule is Clc1ccc2c(c1)CC(NCc1ccn[nH]1)C2. The second-order valence-electron chi connectivity index (χ2n) is 4.48. The number of halogens is 1. The van der Waals surface area contributed by atoms with Gasteiger partial charge < -0.3 is 5.32 Å². The number of fused-ring (bicyclic) bond motifs is 1. The zero-order chi connectivity index (χ0) is 11.7. The van der Waals surface area contributed by atoms with Crippen LogP contribution in [0.15, 0.2) is 30.5 Å². The summed E-state index contributed by atoms with van der Waals surface area (Å²) in [6.45, 7) is 0.840. The van der Waals surface area contributed by atoms with Gasteiger partial charge in [-0.15, -0.1) is 0 Å². The Hall–Kier alpha value is -1.32. The van der Waals surface area contributed by atoms with Crippen LogP contribution in [0.2, 0.25) is 5.02 Å². The molecule has 3 rings (SSSR count). The molecular formula is C13H14ClN3. The molecule has 0 fully saturated rings. The molecule has 1 atom stereocenters. The normalized spacial score (nSPS) is 18.3. The molecular weight excluding hydrogens is 234 g/mol. The van der Waals surface area contributed by atoms with Crippen LogP contribution < -0.4 is 5.32 Å². The molecule has 3 nitrogen and oxygen atoms in total. The maximum absolute atomic E-state index is 6.00. The number of hydrogen-bond donors (Lipinski definition) is 2. The van der Waals surface area contributed by atoms with E-state index in [4.69, 9.17) is 11.6 Å². The van der Waals surface area contributed by atoms with E-state index in [2.05, 4.69) is 27.6 Å². The van der Waals surface area contributed by atoms with Gasteiger partial charge in [0.15, 0.2) is 0 Å². The topological polar surface area (TPSA) is 40.7 Å².